The van der Waals surface area contributed by atoms with Crippen molar-refractivity contribution in [2.45, 2.75) is 6.92 Å². The van der Waals surface area contributed by atoms with Gasteiger partial charge >= 0.3 is 0 Å². The van der Waals surface area contributed by atoms with E-state index in [9.17, 15) is 0 Å². The van der Waals surface area contributed by atoms with E-state index in [1.807, 2.05) is 5.48 Å². The molecule has 0 fully saturated rings. The molecule has 0 heterocycles. The number of carbonyl (C=O) groups is 1. The smallest absolute Gasteiger partial charge is 0.300 e. The number of hydroxylamine groups is 1. The highest BCUT2D eigenvalue weighted by atomic mass is 16.5. The third-order valence-corrected chi connectivity index (χ3v) is 0.896. The Kier molecular flexibility index (Phi) is 11.9. The van der Waals surface area contributed by atoms with Crippen LogP contribution in [0.15, 0.2) is 0 Å². The molecule has 0 saturated carbocycles. The summed E-state index contributed by atoms with van der Waals surface area (Å²) in [7, 11) is 0. The lowest BCUT2D eigenvalue weighted by atomic mass is 10.2. The molecule has 6 heteroatoms. The van der Waals surface area contributed by atoms with Crippen LogP contribution in [-0.2, 0) is 4.79 Å². The van der Waals surface area contributed by atoms with E-state index in [1.54, 1.807) is 0 Å². The number of hydrogen-bond donors (Lipinski definition) is 5. The van der Waals surface area contributed by atoms with E-state index < -0.39 is 5.97 Å². The van der Waals surface area contributed by atoms with Gasteiger partial charge in [-0.3, -0.25) is 4.79 Å². The molecular weight excluding hydrogens is 166 g/mol. The molecule has 0 rings (SSSR count). The largest absolute Gasteiger partial charge is 0.481 e. The van der Waals surface area contributed by atoms with Crippen LogP contribution in [0, 0.1) is 5.92 Å². The van der Waals surface area contributed by atoms with Gasteiger partial charge in [-0.15, -0.1) is 0 Å². The molecule has 0 aliphatic heterocycles. The minimum Gasteiger partial charge on any atom is -0.481 e. The molecule has 0 bridgehead atoms. The van der Waals surface area contributed by atoms with Gasteiger partial charge in [0.1, 0.15) is 0 Å². The first-order chi connectivity index (χ1) is 5.58. The average Bonchev–Trinajstić information content (AvgIpc) is 1.99. The predicted molar refractivity (Wildman–Crippen MR) is 40.8 cm³/mol. The van der Waals surface area contributed by atoms with Gasteiger partial charge in [0.25, 0.3) is 5.97 Å². The second-order valence-corrected chi connectivity index (χ2v) is 2.11. The highest BCUT2D eigenvalue weighted by Crippen LogP contribution is 1.87. The molecule has 0 saturated heterocycles. The monoisotopic (exact) mass is 181 g/mol. The number of aliphatic carboxylic acids is 1. The van der Waals surface area contributed by atoms with Crippen LogP contribution in [0.5, 0.6) is 0 Å². The maximum atomic E-state index is 9.00. The Labute approximate surface area is 70.4 Å². The Morgan fingerprint density at radius 3 is 1.83 bits per heavy atom. The molecule has 0 atom stereocenters. The molecular formula is C6H15NO5. The fraction of sp³-hybridized carbons (Fsp3) is 0.833. The zero-order valence-electron chi connectivity index (χ0n) is 6.90. The minimum atomic E-state index is -0.833. The summed E-state index contributed by atoms with van der Waals surface area (Å²) in [5.74, 6) is -1.08. The number of carboxylic acid groups (broad SMARTS) is 1. The Morgan fingerprint density at radius 1 is 1.42 bits per heavy atom. The molecule has 12 heavy (non-hydrogen) atoms. The molecule has 0 aliphatic carbocycles. The van der Waals surface area contributed by atoms with Crippen molar-refractivity contribution in [2.75, 3.05) is 19.8 Å². The number of rotatable bonds is 4. The van der Waals surface area contributed by atoms with E-state index in [4.69, 9.17) is 25.3 Å². The first kappa shape index (κ1) is 13.9. The number of hydrogen-bond acceptors (Lipinski definition) is 5. The molecule has 5 N–H and O–H groups in total. The summed E-state index contributed by atoms with van der Waals surface area (Å²) < 4.78 is 0. The third-order valence-electron chi connectivity index (χ3n) is 0.896. The SMILES string of the molecule is CC(=O)O.OCC(CO)CNO. The molecule has 0 aromatic heterocycles. The predicted octanol–water partition coefficient (Wildman–Crippen LogP) is -1.34. The van der Waals surface area contributed by atoms with E-state index in [2.05, 4.69) is 0 Å². The van der Waals surface area contributed by atoms with Gasteiger partial charge < -0.3 is 20.5 Å². The van der Waals surface area contributed by atoms with Gasteiger partial charge in [0.05, 0.1) is 0 Å². The van der Waals surface area contributed by atoms with Gasteiger partial charge in [-0.2, -0.15) is 0 Å². The van der Waals surface area contributed by atoms with E-state index in [0.29, 0.717) is 0 Å². The summed E-state index contributed by atoms with van der Waals surface area (Å²) in [6.07, 6.45) is 0. The topological polar surface area (TPSA) is 110 Å². The molecule has 0 radical (unpaired) electrons. The van der Waals surface area contributed by atoms with Crippen molar-refractivity contribution >= 4 is 5.97 Å². The van der Waals surface area contributed by atoms with E-state index in [1.165, 1.54) is 0 Å². The molecule has 0 aromatic carbocycles. The lowest BCUT2D eigenvalue weighted by molar-refractivity contribution is -0.134. The van der Waals surface area contributed by atoms with Crippen LogP contribution in [0.1, 0.15) is 6.92 Å². The molecule has 74 valence electrons. The van der Waals surface area contributed by atoms with Gasteiger partial charge in [-0.25, -0.2) is 5.48 Å². The van der Waals surface area contributed by atoms with Crippen molar-refractivity contribution in [3.8, 4) is 0 Å². The van der Waals surface area contributed by atoms with Gasteiger partial charge in [-0.1, -0.05) is 0 Å². The minimum absolute atomic E-state index is 0.107. The fourth-order valence-corrected chi connectivity index (χ4v) is 0.316. The normalized spacial score (nSPS) is 9.08. The maximum absolute atomic E-state index is 9.00. The maximum Gasteiger partial charge on any atom is 0.300 e. The summed E-state index contributed by atoms with van der Waals surface area (Å²) in [6, 6.07) is 0. The van der Waals surface area contributed by atoms with Gasteiger partial charge in [0.2, 0.25) is 0 Å². The van der Waals surface area contributed by atoms with Crippen molar-refractivity contribution in [1.82, 2.24) is 5.48 Å². The van der Waals surface area contributed by atoms with Crippen molar-refractivity contribution in [3.63, 3.8) is 0 Å². The second kappa shape index (κ2) is 10.3. The van der Waals surface area contributed by atoms with E-state index in [0.717, 1.165) is 6.92 Å². The highest BCUT2D eigenvalue weighted by molar-refractivity contribution is 5.62. The summed E-state index contributed by atoms with van der Waals surface area (Å²) >= 11 is 0. The molecule has 0 aromatic rings. The van der Waals surface area contributed by atoms with Crippen molar-refractivity contribution in [1.29, 1.82) is 0 Å². The number of aliphatic hydroxyl groups excluding tert-OH is 2. The standard InChI is InChI=1S/C4H11NO3.C2H4O2/c6-2-4(3-7)1-5-8;1-2(3)4/h4-8H,1-3H2;1H3,(H,3,4). The lowest BCUT2D eigenvalue weighted by Crippen LogP contribution is -2.24. The van der Waals surface area contributed by atoms with Crippen LogP contribution >= 0.6 is 0 Å². The highest BCUT2D eigenvalue weighted by Gasteiger charge is 2.02. The van der Waals surface area contributed by atoms with Crippen LogP contribution in [0.3, 0.4) is 0 Å². The van der Waals surface area contributed by atoms with Crippen molar-refractivity contribution in [3.05, 3.63) is 0 Å². The van der Waals surface area contributed by atoms with Crippen LogP contribution in [0.4, 0.5) is 0 Å². The van der Waals surface area contributed by atoms with Gasteiger partial charge in [0, 0.05) is 32.6 Å². The summed E-state index contributed by atoms with van der Waals surface area (Å²) in [6.45, 7) is 1.10. The van der Waals surface area contributed by atoms with E-state index >= 15 is 0 Å². The summed E-state index contributed by atoms with van der Waals surface area (Å²) in [5, 5.41) is 32.1. The summed E-state index contributed by atoms with van der Waals surface area (Å²) in [4.78, 5) is 9.00. The van der Waals surface area contributed by atoms with Crippen LogP contribution in [0.25, 0.3) is 0 Å². The zero-order chi connectivity index (χ0) is 9.98. The first-order valence-electron chi connectivity index (χ1n) is 3.36. The van der Waals surface area contributed by atoms with Crippen LogP contribution in [0.2, 0.25) is 0 Å². The third kappa shape index (κ3) is 16.1. The van der Waals surface area contributed by atoms with Crippen LogP contribution in [-0.4, -0.2) is 46.3 Å². The van der Waals surface area contributed by atoms with Crippen LogP contribution < -0.4 is 5.48 Å². The quantitative estimate of drug-likeness (QED) is 0.343. The number of carboxylic acids is 1. The molecule has 0 spiro atoms. The Morgan fingerprint density at radius 2 is 1.75 bits per heavy atom. The Bertz CT molecular complexity index is 100. The summed E-state index contributed by atoms with van der Waals surface area (Å²) in [5.41, 5.74) is 1.85. The van der Waals surface area contributed by atoms with Gasteiger partial charge in [-0.05, 0) is 0 Å². The zero-order valence-corrected chi connectivity index (χ0v) is 6.90. The Hall–Kier alpha value is -0.690. The second-order valence-electron chi connectivity index (χ2n) is 2.11. The van der Waals surface area contributed by atoms with Crippen molar-refractivity contribution in [2.24, 2.45) is 5.92 Å². The van der Waals surface area contributed by atoms with E-state index in [-0.39, 0.29) is 25.7 Å². The molecule has 0 unspecified atom stereocenters. The number of aliphatic hydroxyl groups is 2. The number of nitrogens with one attached hydrogen (secondary N) is 1. The Balaban J connectivity index is 0. The van der Waals surface area contributed by atoms with Gasteiger partial charge in [0.15, 0.2) is 0 Å². The lowest BCUT2D eigenvalue weighted by Gasteiger charge is -2.06. The molecule has 0 amide bonds. The first-order valence-corrected chi connectivity index (χ1v) is 3.36. The average molecular weight is 181 g/mol. The molecule has 0 aliphatic rings. The molecule has 6 nitrogen and oxygen atoms in total. The van der Waals surface area contributed by atoms with Crippen molar-refractivity contribution < 1.29 is 25.3 Å². The fourth-order valence-electron chi connectivity index (χ4n) is 0.316.